The van der Waals surface area contributed by atoms with E-state index in [0.717, 1.165) is 85.5 Å². The van der Waals surface area contributed by atoms with Crippen molar-refractivity contribution in [1.29, 1.82) is 0 Å². The molecule has 1 heterocycles. The number of aldehydes is 1. The highest BCUT2D eigenvalue weighted by molar-refractivity contribution is 7.98. The molecule has 3 aromatic carbocycles. The number of hydrogen-bond donors (Lipinski definition) is 4. The Labute approximate surface area is 339 Å². The summed E-state index contributed by atoms with van der Waals surface area (Å²) in [6.07, 6.45) is 12.0. The van der Waals surface area contributed by atoms with Gasteiger partial charge in [0.15, 0.2) is 6.61 Å². The van der Waals surface area contributed by atoms with Crippen molar-refractivity contribution in [3.8, 4) is 11.5 Å². The third-order valence-electron chi connectivity index (χ3n) is 9.00. The van der Waals surface area contributed by atoms with Gasteiger partial charge in [-0.05, 0) is 85.8 Å². The van der Waals surface area contributed by atoms with Crippen molar-refractivity contribution < 1.29 is 29.3 Å². The fraction of sp³-hybridized carbons (Fsp3) is 0.523. The van der Waals surface area contributed by atoms with Crippen LogP contribution in [0.2, 0.25) is 0 Å². The fourth-order valence-corrected chi connectivity index (χ4v) is 7.60. The van der Waals surface area contributed by atoms with Gasteiger partial charge in [-0.1, -0.05) is 118 Å². The Bertz CT molecular complexity index is 1520. The van der Waals surface area contributed by atoms with Crippen molar-refractivity contribution >= 4 is 53.2 Å². The van der Waals surface area contributed by atoms with Crippen molar-refractivity contribution in [3.05, 3.63) is 72.3 Å². The molecule has 0 fully saturated rings. The number of phenols is 1. The second kappa shape index (κ2) is 27.8. The number of aromatic hydroxyl groups is 1. The average molecular weight is 798 g/mol. The maximum Gasteiger partial charge on any atom is 0.306 e. The molecule has 55 heavy (non-hydrogen) atoms. The molecule has 0 radical (unpaired) electrons. The standard InChI is InChI=1S/C33H41N3O4S2.C7H14O2.2C2H6/c1-4-6-17-33(18-7-5-2)23-36(25-11-9-8-10-12-25)28-19-31(41-3)29(20-30(28)42-35-33)40-22-32(39)34-27(21-37)24-13-15-26(38)16-14-24;1-3-5-6(4-2)7(8)9;2*1-2/h8-16,19-21,27,35,38H,4-7,17-18,22-23H2,1-3H3,(H,34,39);6H,3-5H2,1-2H3,(H,8,9);2*1-2H3/t27-;6-;;/m01../s1. The smallest absolute Gasteiger partial charge is 0.306 e. The van der Waals surface area contributed by atoms with Gasteiger partial charge in [-0.25, -0.2) is 0 Å². The first-order valence-corrected chi connectivity index (χ1v) is 22.1. The Morgan fingerprint density at radius 3 is 2.07 bits per heavy atom. The van der Waals surface area contributed by atoms with Crippen LogP contribution >= 0.6 is 23.7 Å². The zero-order chi connectivity index (χ0) is 41.2. The summed E-state index contributed by atoms with van der Waals surface area (Å²) in [6, 6.07) is 20.1. The number of nitrogens with zero attached hydrogens (tertiary/aromatic N) is 1. The number of unbranched alkanes of at least 4 members (excludes halogenated alkanes) is 2. The van der Waals surface area contributed by atoms with Crippen LogP contribution < -0.4 is 19.7 Å². The highest BCUT2D eigenvalue weighted by Crippen LogP contribution is 2.46. The number of carboxylic acid groups (broad SMARTS) is 1. The van der Waals surface area contributed by atoms with Crippen LogP contribution in [-0.4, -0.2) is 53.3 Å². The van der Waals surface area contributed by atoms with Gasteiger partial charge in [0.25, 0.3) is 5.91 Å². The van der Waals surface area contributed by atoms with E-state index in [9.17, 15) is 19.5 Å². The molecular formula is C44H67N3O6S2. The molecule has 0 aliphatic carbocycles. The lowest BCUT2D eigenvalue weighted by atomic mass is 9.87. The molecule has 0 bridgehead atoms. The summed E-state index contributed by atoms with van der Waals surface area (Å²) in [7, 11) is 0. The molecule has 0 saturated carbocycles. The van der Waals surface area contributed by atoms with Gasteiger partial charge in [-0.2, -0.15) is 0 Å². The second-order valence-electron chi connectivity index (χ2n) is 12.9. The molecular weight excluding hydrogens is 731 g/mol. The number of anilines is 2. The number of amides is 1. The molecule has 1 aliphatic rings. The Kier molecular flexibility index (Phi) is 25.0. The first kappa shape index (κ1) is 49.3. The lowest BCUT2D eigenvalue weighted by Gasteiger charge is -2.38. The number of carbonyl (C=O) groups is 3. The predicted octanol–water partition coefficient (Wildman–Crippen LogP) is 11.4. The number of phenolic OH excluding ortho intramolecular Hbond substituents is 1. The van der Waals surface area contributed by atoms with E-state index >= 15 is 0 Å². The van der Waals surface area contributed by atoms with Crippen LogP contribution in [0.15, 0.2) is 76.5 Å². The minimum absolute atomic E-state index is 0.0515. The van der Waals surface area contributed by atoms with Gasteiger partial charge in [0, 0.05) is 17.8 Å². The van der Waals surface area contributed by atoms with E-state index in [2.05, 4.69) is 59.1 Å². The van der Waals surface area contributed by atoms with E-state index < -0.39 is 17.9 Å². The number of fused-ring (bicyclic) bond motifs is 1. The first-order valence-electron chi connectivity index (χ1n) is 20.0. The molecule has 4 rings (SSSR count). The number of thioether (sulfide) groups is 1. The maximum absolute atomic E-state index is 12.8. The summed E-state index contributed by atoms with van der Waals surface area (Å²) in [5.74, 6) is -0.455. The van der Waals surface area contributed by atoms with E-state index in [-0.39, 0.29) is 23.8 Å². The summed E-state index contributed by atoms with van der Waals surface area (Å²) in [4.78, 5) is 39.2. The van der Waals surface area contributed by atoms with Crippen LogP contribution in [0.25, 0.3) is 0 Å². The molecule has 3 aromatic rings. The van der Waals surface area contributed by atoms with Gasteiger partial charge >= 0.3 is 5.97 Å². The molecule has 11 heteroatoms. The van der Waals surface area contributed by atoms with E-state index in [1.807, 2.05) is 59.9 Å². The Balaban J connectivity index is 0.00000101. The highest BCUT2D eigenvalue weighted by Gasteiger charge is 2.36. The van der Waals surface area contributed by atoms with Crippen molar-refractivity contribution in [3.63, 3.8) is 0 Å². The second-order valence-corrected chi connectivity index (χ2v) is 14.6. The normalized spacial score (nSPS) is 13.7. The topological polar surface area (TPSA) is 128 Å². The zero-order valence-corrected chi connectivity index (χ0v) is 36.3. The molecule has 2 atom stereocenters. The first-order chi connectivity index (χ1) is 26.6. The number of ether oxygens (including phenoxy) is 1. The van der Waals surface area contributed by atoms with Crippen molar-refractivity contribution in [1.82, 2.24) is 10.0 Å². The van der Waals surface area contributed by atoms with E-state index in [4.69, 9.17) is 9.84 Å². The van der Waals surface area contributed by atoms with Crippen molar-refractivity contribution in [2.75, 3.05) is 24.3 Å². The monoisotopic (exact) mass is 797 g/mol. The van der Waals surface area contributed by atoms with Crippen LogP contribution in [-0.2, 0) is 14.4 Å². The van der Waals surface area contributed by atoms with Crippen LogP contribution in [0, 0.1) is 5.92 Å². The molecule has 0 unspecified atom stereocenters. The van der Waals surface area contributed by atoms with Crippen LogP contribution in [0.1, 0.15) is 125 Å². The van der Waals surface area contributed by atoms with Crippen molar-refractivity contribution in [2.45, 2.75) is 135 Å². The average Bonchev–Trinajstić information content (AvgIpc) is 3.38. The summed E-state index contributed by atoms with van der Waals surface area (Å²) < 4.78 is 9.95. The number of nitrogens with one attached hydrogen (secondary N) is 2. The molecule has 1 aliphatic heterocycles. The number of benzene rings is 3. The number of para-hydroxylation sites is 1. The van der Waals surface area contributed by atoms with Gasteiger partial charge in [0.05, 0.1) is 21.4 Å². The fourth-order valence-electron chi connectivity index (χ4n) is 6.02. The summed E-state index contributed by atoms with van der Waals surface area (Å²) >= 11 is 3.22. The summed E-state index contributed by atoms with van der Waals surface area (Å²) in [6.45, 7) is 17.0. The van der Waals surface area contributed by atoms with Crippen LogP contribution in [0.3, 0.4) is 0 Å². The minimum Gasteiger partial charge on any atom is -0.508 e. The van der Waals surface area contributed by atoms with Gasteiger partial charge < -0.3 is 30.0 Å². The number of carbonyl (C=O) groups excluding carboxylic acids is 2. The zero-order valence-electron chi connectivity index (χ0n) is 34.7. The lowest BCUT2D eigenvalue weighted by molar-refractivity contribution is -0.142. The van der Waals surface area contributed by atoms with Gasteiger partial charge in [0.1, 0.15) is 23.8 Å². The summed E-state index contributed by atoms with van der Waals surface area (Å²) in [5.41, 5.74) is 2.80. The molecule has 306 valence electrons. The third-order valence-corrected chi connectivity index (χ3v) is 10.8. The quantitative estimate of drug-likeness (QED) is 0.0561. The SMILES string of the molecule is CC.CC.CCCCC1(CCCC)CN(c2ccccc2)c2cc(SC)c(OCC(=O)N[C@@H](C=O)c3ccc(O)cc3)cc2SN1.CCC[C@@H](CC)C(=O)O. The molecule has 9 nitrogen and oxygen atoms in total. The van der Waals surface area contributed by atoms with Gasteiger partial charge in [0.2, 0.25) is 0 Å². The summed E-state index contributed by atoms with van der Waals surface area (Å²) in [5, 5.41) is 20.8. The Morgan fingerprint density at radius 2 is 1.58 bits per heavy atom. The van der Waals surface area contributed by atoms with E-state index in [1.54, 1.807) is 35.8 Å². The van der Waals surface area contributed by atoms with E-state index in [0.29, 0.717) is 17.6 Å². The molecule has 1 amide bonds. The largest absolute Gasteiger partial charge is 0.508 e. The maximum atomic E-state index is 12.8. The van der Waals surface area contributed by atoms with E-state index in [1.165, 1.54) is 12.1 Å². The molecule has 0 aromatic heterocycles. The minimum atomic E-state index is -0.827. The predicted molar refractivity (Wildman–Crippen MR) is 232 cm³/mol. The van der Waals surface area contributed by atoms with Crippen LogP contribution in [0.4, 0.5) is 11.4 Å². The number of aliphatic carboxylic acids is 1. The van der Waals surface area contributed by atoms with Crippen molar-refractivity contribution in [2.24, 2.45) is 5.92 Å². The number of carboxylic acids is 1. The highest BCUT2D eigenvalue weighted by atomic mass is 32.2. The number of rotatable bonds is 18. The molecule has 0 spiro atoms. The molecule has 0 saturated heterocycles. The number of hydrogen-bond acceptors (Lipinski definition) is 9. The van der Waals surface area contributed by atoms with Crippen LogP contribution in [0.5, 0.6) is 11.5 Å². The third kappa shape index (κ3) is 16.1. The van der Waals surface area contributed by atoms with Gasteiger partial charge in [-0.15, -0.1) is 11.8 Å². The Hall–Kier alpha value is -3.67. The Morgan fingerprint density at radius 1 is 0.964 bits per heavy atom. The molecule has 4 N–H and O–H groups in total. The lowest BCUT2D eigenvalue weighted by Crippen LogP contribution is -2.49. The van der Waals surface area contributed by atoms with Gasteiger partial charge in [-0.3, -0.25) is 14.3 Å².